The van der Waals surface area contributed by atoms with Gasteiger partial charge in [-0.05, 0) is 12.1 Å². The minimum absolute atomic E-state index is 0. The summed E-state index contributed by atoms with van der Waals surface area (Å²) in [7, 11) is 3.64. The molecule has 1 aromatic rings. The average molecular weight is 155 g/mol. The van der Waals surface area contributed by atoms with Crippen molar-refractivity contribution in [3.05, 3.63) is 30.1 Å². The Morgan fingerprint density at radius 3 is 2.09 bits per heavy atom. The number of benzene rings is 1. The van der Waals surface area contributed by atoms with Crippen molar-refractivity contribution in [1.82, 2.24) is 0 Å². The van der Waals surface area contributed by atoms with Crippen LogP contribution in [0.3, 0.4) is 0 Å². The second-order valence-corrected chi connectivity index (χ2v) is 2.35. The third-order valence-corrected chi connectivity index (χ3v) is 1.33. The molecule has 0 amide bonds. The lowest BCUT2D eigenvalue weighted by molar-refractivity contribution is 0.626. The molecule has 1 rings (SSSR count). The molecule has 11 heavy (non-hydrogen) atoms. The summed E-state index contributed by atoms with van der Waals surface area (Å²) in [4.78, 5) is 1.75. The summed E-state index contributed by atoms with van der Waals surface area (Å²) in [6.45, 7) is 0. The Bertz CT molecular complexity index is 221. The summed E-state index contributed by atoms with van der Waals surface area (Å²) >= 11 is 0. The topological polar surface area (TPSA) is 3.24 Å². The molecule has 2 heteroatoms. The number of nitrogens with zero attached hydrogens (tertiary/aromatic N) is 1. The van der Waals surface area contributed by atoms with Crippen molar-refractivity contribution in [1.29, 1.82) is 0 Å². The molecule has 0 aliphatic heterocycles. The Balaban J connectivity index is 0.000001000. The van der Waals surface area contributed by atoms with Gasteiger partial charge in [-0.25, -0.2) is 4.39 Å². The van der Waals surface area contributed by atoms with Crippen molar-refractivity contribution in [2.45, 2.75) is 7.43 Å². The van der Waals surface area contributed by atoms with Crippen LogP contribution in [0.4, 0.5) is 10.1 Å². The van der Waals surface area contributed by atoms with Crippen LogP contribution in [-0.4, -0.2) is 14.1 Å². The Morgan fingerprint density at radius 1 is 1.18 bits per heavy atom. The van der Waals surface area contributed by atoms with Gasteiger partial charge >= 0.3 is 0 Å². The first-order valence-corrected chi connectivity index (χ1v) is 3.13. The monoisotopic (exact) mass is 155 g/mol. The molecule has 0 aliphatic rings. The number of hydrogen-bond acceptors (Lipinski definition) is 1. The standard InChI is InChI=1S/C8H10FN.CH4/c1-10(2)8-6-4-3-5-7(8)9;/h3-6H,1-2H3;1H4. The van der Waals surface area contributed by atoms with Gasteiger partial charge in [0.25, 0.3) is 0 Å². The number of para-hydroxylation sites is 1. The highest BCUT2D eigenvalue weighted by atomic mass is 19.1. The van der Waals surface area contributed by atoms with Gasteiger partial charge in [-0.15, -0.1) is 0 Å². The van der Waals surface area contributed by atoms with Crippen LogP contribution in [0.5, 0.6) is 0 Å². The van der Waals surface area contributed by atoms with E-state index in [0.29, 0.717) is 5.69 Å². The zero-order valence-electron chi connectivity index (χ0n) is 6.13. The van der Waals surface area contributed by atoms with E-state index in [1.54, 1.807) is 17.0 Å². The predicted octanol–water partition coefficient (Wildman–Crippen LogP) is 2.53. The molecule has 0 heterocycles. The smallest absolute Gasteiger partial charge is 0.146 e. The van der Waals surface area contributed by atoms with E-state index < -0.39 is 0 Å². The van der Waals surface area contributed by atoms with Crippen LogP contribution in [0.2, 0.25) is 0 Å². The molecule has 0 atom stereocenters. The van der Waals surface area contributed by atoms with E-state index in [9.17, 15) is 4.39 Å². The van der Waals surface area contributed by atoms with Crippen LogP contribution in [0.15, 0.2) is 24.3 Å². The molecule has 0 spiro atoms. The zero-order valence-corrected chi connectivity index (χ0v) is 6.13. The molecule has 0 unspecified atom stereocenters. The number of halogens is 1. The quantitative estimate of drug-likeness (QED) is 0.602. The van der Waals surface area contributed by atoms with E-state index in [4.69, 9.17) is 0 Å². The predicted molar refractivity (Wildman–Crippen MR) is 47.5 cm³/mol. The van der Waals surface area contributed by atoms with Gasteiger partial charge < -0.3 is 4.90 Å². The Hall–Kier alpha value is -1.05. The molecule has 62 valence electrons. The maximum absolute atomic E-state index is 12.8. The first kappa shape index (κ1) is 9.95. The summed E-state index contributed by atoms with van der Waals surface area (Å²) < 4.78 is 12.8. The maximum Gasteiger partial charge on any atom is 0.146 e. The summed E-state index contributed by atoms with van der Waals surface area (Å²) in [6, 6.07) is 6.70. The Morgan fingerprint density at radius 2 is 1.73 bits per heavy atom. The van der Waals surface area contributed by atoms with Gasteiger partial charge in [0.05, 0.1) is 5.69 Å². The lowest BCUT2D eigenvalue weighted by Gasteiger charge is -2.11. The van der Waals surface area contributed by atoms with E-state index >= 15 is 0 Å². The minimum atomic E-state index is -0.174. The van der Waals surface area contributed by atoms with Gasteiger partial charge in [-0.1, -0.05) is 19.6 Å². The third kappa shape index (κ3) is 2.22. The molecule has 1 aromatic carbocycles. The molecule has 0 aromatic heterocycles. The van der Waals surface area contributed by atoms with Gasteiger partial charge in [0.15, 0.2) is 0 Å². The maximum atomic E-state index is 12.8. The van der Waals surface area contributed by atoms with Crippen LogP contribution in [0, 0.1) is 5.82 Å². The lowest BCUT2D eigenvalue weighted by Crippen LogP contribution is -2.09. The van der Waals surface area contributed by atoms with Crippen molar-refractivity contribution in [2.75, 3.05) is 19.0 Å². The van der Waals surface area contributed by atoms with E-state index in [1.807, 2.05) is 20.2 Å². The molecular weight excluding hydrogens is 141 g/mol. The third-order valence-electron chi connectivity index (χ3n) is 1.33. The van der Waals surface area contributed by atoms with Crippen LogP contribution in [0.25, 0.3) is 0 Å². The second kappa shape index (κ2) is 3.96. The molecule has 0 fully saturated rings. The summed E-state index contributed by atoms with van der Waals surface area (Å²) in [5.41, 5.74) is 0.627. The van der Waals surface area contributed by atoms with E-state index in [2.05, 4.69) is 0 Å². The van der Waals surface area contributed by atoms with Crippen molar-refractivity contribution in [3.63, 3.8) is 0 Å². The fraction of sp³-hybridized carbons (Fsp3) is 0.333. The first-order chi connectivity index (χ1) is 4.72. The normalized spacial score (nSPS) is 8.64. The van der Waals surface area contributed by atoms with Crippen LogP contribution >= 0.6 is 0 Å². The van der Waals surface area contributed by atoms with E-state index in [1.165, 1.54) is 6.07 Å². The molecule has 0 N–H and O–H groups in total. The fourth-order valence-corrected chi connectivity index (χ4v) is 0.814. The number of hydrogen-bond donors (Lipinski definition) is 0. The number of rotatable bonds is 1. The molecule has 1 nitrogen and oxygen atoms in total. The summed E-state index contributed by atoms with van der Waals surface area (Å²) in [6.07, 6.45) is 0. The highest BCUT2D eigenvalue weighted by Crippen LogP contribution is 2.14. The molecular formula is C9H14FN. The van der Waals surface area contributed by atoms with Gasteiger partial charge in [-0.2, -0.15) is 0 Å². The first-order valence-electron chi connectivity index (χ1n) is 3.13. The molecule has 0 saturated carbocycles. The van der Waals surface area contributed by atoms with Gasteiger partial charge in [-0.3, -0.25) is 0 Å². The lowest BCUT2D eigenvalue weighted by atomic mass is 10.3. The van der Waals surface area contributed by atoms with E-state index in [0.717, 1.165) is 0 Å². The van der Waals surface area contributed by atoms with Crippen molar-refractivity contribution in [2.24, 2.45) is 0 Å². The second-order valence-electron chi connectivity index (χ2n) is 2.35. The Kier molecular flexibility index (Phi) is 3.58. The molecule has 0 saturated heterocycles. The fourth-order valence-electron chi connectivity index (χ4n) is 0.814. The van der Waals surface area contributed by atoms with Crippen molar-refractivity contribution < 1.29 is 4.39 Å². The minimum Gasteiger partial charge on any atom is -0.375 e. The van der Waals surface area contributed by atoms with Crippen molar-refractivity contribution >= 4 is 5.69 Å². The highest BCUT2D eigenvalue weighted by molar-refractivity contribution is 5.45. The van der Waals surface area contributed by atoms with Gasteiger partial charge in [0, 0.05) is 14.1 Å². The Labute approximate surface area is 67.5 Å². The van der Waals surface area contributed by atoms with Crippen LogP contribution in [-0.2, 0) is 0 Å². The van der Waals surface area contributed by atoms with Crippen molar-refractivity contribution in [3.8, 4) is 0 Å². The highest BCUT2D eigenvalue weighted by Gasteiger charge is 1.99. The average Bonchev–Trinajstić information content (AvgIpc) is 1.88. The summed E-state index contributed by atoms with van der Waals surface area (Å²) in [5.74, 6) is -0.174. The zero-order chi connectivity index (χ0) is 7.56. The van der Waals surface area contributed by atoms with Crippen LogP contribution in [0.1, 0.15) is 7.43 Å². The number of anilines is 1. The van der Waals surface area contributed by atoms with Crippen LogP contribution < -0.4 is 4.90 Å². The summed E-state index contributed by atoms with van der Waals surface area (Å²) in [5, 5.41) is 0. The molecule has 0 bridgehead atoms. The SMILES string of the molecule is C.CN(C)c1ccccc1F. The molecule has 0 radical (unpaired) electrons. The van der Waals surface area contributed by atoms with Gasteiger partial charge in [0.1, 0.15) is 5.82 Å². The van der Waals surface area contributed by atoms with Gasteiger partial charge in [0.2, 0.25) is 0 Å². The largest absolute Gasteiger partial charge is 0.375 e. The van der Waals surface area contributed by atoms with E-state index in [-0.39, 0.29) is 13.2 Å². The molecule has 0 aliphatic carbocycles.